The van der Waals surface area contributed by atoms with E-state index < -0.39 is 23.6 Å². The number of hydrogen-bond acceptors (Lipinski definition) is 6. The van der Waals surface area contributed by atoms with Crippen LogP contribution >= 0.6 is 11.3 Å². The number of fused-ring (bicyclic) bond motifs is 1. The van der Waals surface area contributed by atoms with E-state index in [1.165, 1.54) is 17.5 Å². The number of H-pyrrole nitrogens is 1. The fourth-order valence-electron chi connectivity index (χ4n) is 3.29. The lowest BCUT2D eigenvalue weighted by molar-refractivity contribution is -0.137. The highest BCUT2D eigenvalue weighted by Gasteiger charge is 2.28. The molecule has 0 radical (unpaired) electrons. The monoisotopic (exact) mass is 422 g/mol. The van der Waals surface area contributed by atoms with Crippen LogP contribution < -0.4 is 11.1 Å². The lowest BCUT2D eigenvalue weighted by Crippen LogP contribution is -2.47. The number of Topliss-reactive ketones (excluding diaryl/α,β-unsaturated/α-hetero) is 1. The molecule has 0 aliphatic carbocycles. The maximum absolute atomic E-state index is 13.0. The first-order valence-electron chi connectivity index (χ1n) is 9.09. The summed E-state index contributed by atoms with van der Waals surface area (Å²) in [5.74, 6) is -1.46. The number of hydrogen-bond donors (Lipinski definition) is 3. The topological polar surface area (TPSA) is 136 Å². The van der Waals surface area contributed by atoms with Crippen molar-refractivity contribution in [1.29, 1.82) is 0 Å². The van der Waals surface area contributed by atoms with Gasteiger partial charge in [-0.1, -0.05) is 6.07 Å². The smallest absolute Gasteiger partial charge is 0.287 e. The summed E-state index contributed by atoms with van der Waals surface area (Å²) in [6, 6.07) is 6.10. The first-order valence-corrected chi connectivity index (χ1v) is 9.97. The normalized spacial score (nSPS) is 12.0. The van der Waals surface area contributed by atoms with Crippen molar-refractivity contribution in [3.05, 3.63) is 65.3 Å². The maximum Gasteiger partial charge on any atom is 0.287 e. The van der Waals surface area contributed by atoms with Crippen LogP contribution in [0.2, 0.25) is 0 Å². The number of nitrogens with two attached hydrogens (primary N) is 1. The first-order chi connectivity index (χ1) is 14.5. The molecule has 1 unspecified atom stereocenters. The van der Waals surface area contributed by atoms with E-state index in [-0.39, 0.29) is 12.1 Å². The van der Waals surface area contributed by atoms with E-state index >= 15 is 0 Å². The third kappa shape index (κ3) is 3.60. The second-order valence-electron chi connectivity index (χ2n) is 6.65. The first kappa shape index (κ1) is 19.5. The molecular formula is C20H18N6O3S. The zero-order valence-electron chi connectivity index (χ0n) is 16.0. The highest BCUT2D eigenvalue weighted by molar-refractivity contribution is 7.16. The van der Waals surface area contributed by atoms with Crippen molar-refractivity contribution < 1.29 is 14.4 Å². The molecule has 0 bridgehead atoms. The molecule has 0 saturated carbocycles. The predicted molar refractivity (Wildman–Crippen MR) is 111 cm³/mol. The van der Waals surface area contributed by atoms with Crippen molar-refractivity contribution in [1.82, 2.24) is 24.8 Å². The number of nitrogens with one attached hydrogen (secondary N) is 2. The largest absolute Gasteiger partial charge is 0.363 e. The summed E-state index contributed by atoms with van der Waals surface area (Å²) in [6.45, 7) is 1.74. The van der Waals surface area contributed by atoms with Crippen LogP contribution in [0, 0.1) is 6.92 Å². The maximum atomic E-state index is 13.0. The molecule has 152 valence electrons. The SMILES string of the molecule is Cc1ncc(C(=O)NC(Cc2c[nH]c3sccc23)C(=O)C(N)=O)n1-c1ccccn1. The van der Waals surface area contributed by atoms with Crippen molar-refractivity contribution in [2.75, 3.05) is 0 Å². The highest BCUT2D eigenvalue weighted by atomic mass is 32.1. The van der Waals surface area contributed by atoms with Crippen LogP contribution in [0.25, 0.3) is 16.0 Å². The van der Waals surface area contributed by atoms with Gasteiger partial charge in [0.2, 0.25) is 5.78 Å². The van der Waals surface area contributed by atoms with Crippen molar-refractivity contribution in [2.24, 2.45) is 5.73 Å². The molecule has 9 nitrogen and oxygen atoms in total. The molecule has 0 spiro atoms. The Balaban J connectivity index is 1.64. The van der Waals surface area contributed by atoms with Crippen molar-refractivity contribution in [3.63, 3.8) is 0 Å². The summed E-state index contributed by atoms with van der Waals surface area (Å²) in [6.07, 6.45) is 4.89. The number of amides is 2. The van der Waals surface area contributed by atoms with Gasteiger partial charge >= 0.3 is 0 Å². The minimum atomic E-state index is -1.11. The number of imidazole rings is 1. The number of rotatable bonds is 7. The van der Waals surface area contributed by atoms with Gasteiger partial charge in [-0.05, 0) is 36.1 Å². The third-order valence-corrected chi connectivity index (χ3v) is 5.57. The van der Waals surface area contributed by atoms with Crippen LogP contribution in [0.1, 0.15) is 21.9 Å². The zero-order chi connectivity index (χ0) is 21.3. The average molecular weight is 422 g/mol. The van der Waals surface area contributed by atoms with Gasteiger partial charge in [-0.15, -0.1) is 11.3 Å². The molecule has 0 saturated heterocycles. The van der Waals surface area contributed by atoms with Gasteiger partial charge in [0.25, 0.3) is 11.8 Å². The minimum Gasteiger partial charge on any atom is -0.363 e. The van der Waals surface area contributed by atoms with E-state index in [2.05, 4.69) is 20.3 Å². The number of pyridine rings is 1. The fourth-order valence-corrected chi connectivity index (χ4v) is 4.08. The Bertz CT molecular complexity index is 1240. The molecule has 4 aromatic heterocycles. The summed E-state index contributed by atoms with van der Waals surface area (Å²) in [7, 11) is 0. The van der Waals surface area contributed by atoms with Gasteiger partial charge in [-0.2, -0.15) is 0 Å². The molecule has 10 heteroatoms. The summed E-state index contributed by atoms with van der Waals surface area (Å²) < 4.78 is 1.58. The van der Waals surface area contributed by atoms with Crippen LogP contribution in [0.5, 0.6) is 0 Å². The number of aromatic nitrogens is 4. The Morgan fingerprint density at radius 1 is 1.27 bits per heavy atom. The molecule has 4 heterocycles. The quantitative estimate of drug-likeness (QED) is 0.388. The molecule has 0 aliphatic heterocycles. The average Bonchev–Trinajstić information content (AvgIpc) is 3.44. The van der Waals surface area contributed by atoms with Crippen molar-refractivity contribution >= 4 is 39.2 Å². The molecule has 0 aliphatic rings. The standard InChI is InChI=1S/C20H18N6O3S/c1-11-23-10-15(26(11)16-4-2-3-6-22-16)19(29)25-14(17(27)18(21)28)8-12-9-24-20-13(12)5-7-30-20/h2-7,9-10,14,24H,8H2,1H3,(H2,21,28)(H,25,29). The molecule has 0 aromatic carbocycles. The van der Waals surface area contributed by atoms with Crippen LogP contribution in [-0.2, 0) is 16.0 Å². The molecule has 0 fully saturated rings. The highest BCUT2D eigenvalue weighted by Crippen LogP contribution is 2.24. The van der Waals surface area contributed by atoms with E-state index in [1.807, 2.05) is 11.4 Å². The lowest BCUT2D eigenvalue weighted by atomic mass is 10.0. The Morgan fingerprint density at radius 2 is 2.10 bits per heavy atom. The van der Waals surface area contributed by atoms with Gasteiger partial charge in [0, 0.05) is 24.2 Å². The van der Waals surface area contributed by atoms with Gasteiger partial charge in [0.15, 0.2) is 0 Å². The van der Waals surface area contributed by atoms with Gasteiger partial charge in [-0.3, -0.25) is 19.0 Å². The van der Waals surface area contributed by atoms with E-state index in [1.54, 1.807) is 42.1 Å². The number of nitrogens with zero attached hydrogens (tertiary/aromatic N) is 3. The number of carbonyl (C=O) groups is 3. The van der Waals surface area contributed by atoms with E-state index in [4.69, 9.17) is 5.73 Å². The van der Waals surface area contributed by atoms with Crippen molar-refractivity contribution in [2.45, 2.75) is 19.4 Å². The number of aryl methyl sites for hydroxylation is 1. The van der Waals surface area contributed by atoms with Crippen LogP contribution in [0.3, 0.4) is 0 Å². The minimum absolute atomic E-state index is 0.126. The predicted octanol–water partition coefficient (Wildman–Crippen LogP) is 1.51. The van der Waals surface area contributed by atoms with Gasteiger partial charge in [0.1, 0.15) is 23.4 Å². The molecule has 30 heavy (non-hydrogen) atoms. The molecule has 2 amide bonds. The third-order valence-electron chi connectivity index (χ3n) is 4.73. The second kappa shape index (κ2) is 7.91. The van der Waals surface area contributed by atoms with E-state index in [0.29, 0.717) is 11.6 Å². The van der Waals surface area contributed by atoms with E-state index in [9.17, 15) is 14.4 Å². The van der Waals surface area contributed by atoms with Crippen molar-refractivity contribution in [3.8, 4) is 5.82 Å². The summed E-state index contributed by atoms with van der Waals surface area (Å²) in [4.78, 5) is 49.6. The van der Waals surface area contributed by atoms with Gasteiger partial charge in [0.05, 0.1) is 11.0 Å². The van der Waals surface area contributed by atoms with E-state index in [0.717, 1.165) is 15.8 Å². The number of aromatic amines is 1. The second-order valence-corrected chi connectivity index (χ2v) is 7.57. The number of thiophene rings is 1. The fraction of sp³-hybridized carbons (Fsp3) is 0.150. The Morgan fingerprint density at radius 3 is 2.83 bits per heavy atom. The number of carbonyl (C=O) groups excluding carboxylic acids is 3. The molecular weight excluding hydrogens is 404 g/mol. The van der Waals surface area contributed by atoms with Gasteiger partial charge < -0.3 is 16.0 Å². The summed E-state index contributed by atoms with van der Waals surface area (Å²) in [5.41, 5.74) is 6.23. The Labute approximate surface area is 174 Å². The Hall–Kier alpha value is -3.79. The number of primary amides is 1. The summed E-state index contributed by atoms with van der Waals surface area (Å²) in [5, 5.41) is 5.50. The molecule has 1 atom stereocenters. The van der Waals surface area contributed by atoms with Gasteiger partial charge in [-0.25, -0.2) is 9.97 Å². The lowest BCUT2D eigenvalue weighted by Gasteiger charge is -2.17. The molecule has 4 aromatic rings. The summed E-state index contributed by atoms with van der Waals surface area (Å²) >= 11 is 1.53. The molecule has 4 rings (SSSR count). The number of ketones is 1. The van der Waals surface area contributed by atoms with Crippen LogP contribution in [-0.4, -0.2) is 43.2 Å². The zero-order valence-corrected chi connectivity index (χ0v) is 16.8. The van der Waals surface area contributed by atoms with Crippen LogP contribution in [0.15, 0.2) is 48.2 Å². The van der Waals surface area contributed by atoms with Crippen LogP contribution in [0.4, 0.5) is 0 Å². The molecule has 4 N–H and O–H groups in total. The Kier molecular flexibility index (Phi) is 5.15.